The molecule has 0 saturated carbocycles. The molecule has 0 bridgehead atoms. The van der Waals surface area contributed by atoms with Gasteiger partial charge in [0.2, 0.25) is 0 Å². The third kappa shape index (κ3) is 37600. The monoisotopic (exact) mass is 321 g/mol. The van der Waals surface area contributed by atoms with Gasteiger partial charge < -0.3 is 67.9 Å². The summed E-state index contributed by atoms with van der Waals surface area (Å²) in [6, 6.07) is 0. The normalized spacial score (nSPS) is 4.00. The van der Waals surface area contributed by atoms with Crippen LogP contribution < -0.4 is 29.6 Å². The minimum Gasteiger partial charge on any atom is -0.412 e. The summed E-state index contributed by atoms with van der Waals surface area (Å²) < 4.78 is 0. The quantitative estimate of drug-likeness (QED) is 0.231. The maximum Gasteiger partial charge on any atom is 2.00 e. The molecule has 0 aromatic rings. The molecule has 18 heteroatoms. The van der Waals surface area contributed by atoms with Crippen LogP contribution >= 0.6 is 0 Å². The van der Waals surface area contributed by atoms with Crippen molar-refractivity contribution in [3.8, 4) is 0 Å². The van der Waals surface area contributed by atoms with E-state index in [9.17, 15) is 0 Å². The molecule has 0 radical (unpaired) electrons. The van der Waals surface area contributed by atoms with E-state index in [2.05, 4.69) is 0 Å². The van der Waals surface area contributed by atoms with Crippen LogP contribution in [0, 0.1) is 46.0 Å². The van der Waals surface area contributed by atoms with Crippen LogP contribution in [0.3, 0.4) is 0 Å². The van der Waals surface area contributed by atoms with E-state index in [0.29, 0.717) is 0 Å². The molecule has 0 aliphatic heterocycles. The second kappa shape index (κ2) is 54.4. The molecular weight excluding hydrogens is 313 g/mol. The summed E-state index contributed by atoms with van der Waals surface area (Å²) in [5, 5.41) is 44.2. The molecule has 0 amide bonds. The molecule has 16 nitrogen and oxygen atoms in total. The Morgan fingerprint density at radius 2 is 0.500 bits per heavy atom. The first-order chi connectivity index (χ1) is 5.20. The van der Waals surface area contributed by atoms with Gasteiger partial charge in [0.1, 0.15) is 0 Å². The van der Waals surface area contributed by atoms with Gasteiger partial charge in [-0.15, -0.1) is 0 Å². The molecule has 0 rings (SSSR count). The van der Waals surface area contributed by atoms with Gasteiger partial charge in [0.15, 0.2) is 0 Å². The van der Waals surface area contributed by atoms with Crippen LogP contribution in [-0.2, 0) is 0 Å². The molecule has 0 spiro atoms. The van der Waals surface area contributed by atoms with Gasteiger partial charge in [0.25, 0.3) is 0 Å². The average molecular weight is 321 g/mol. The zero-order valence-corrected chi connectivity index (χ0v) is 12.9. The molecule has 104 valence electrons. The summed E-state index contributed by atoms with van der Waals surface area (Å²) in [6.45, 7) is 0. The third-order valence-electron chi connectivity index (χ3n) is 0. The van der Waals surface area contributed by atoms with Crippen LogP contribution in [-0.4, -0.2) is 74.9 Å². The Bertz CT molecular complexity index is 120. The van der Waals surface area contributed by atoms with Gasteiger partial charge >= 0.3 is 67.3 Å². The second-order valence-corrected chi connectivity index (χ2v) is 0.671. The summed E-state index contributed by atoms with van der Waals surface area (Å²) in [7, 11) is 0. The molecule has 0 unspecified atom stereocenters. The van der Waals surface area contributed by atoms with Crippen molar-refractivity contribution in [2.45, 2.75) is 0 Å². The minimum absolute atomic E-state index is 0. The van der Waals surface area contributed by atoms with E-state index in [0.717, 1.165) is 0 Å². The van der Waals surface area contributed by atoms with E-state index < -0.39 is 15.3 Å². The summed E-state index contributed by atoms with van der Waals surface area (Å²) in [5.74, 6) is 0. The van der Waals surface area contributed by atoms with Crippen molar-refractivity contribution in [1.29, 1.82) is 0 Å². The Hall–Kier alpha value is -0.300. The van der Waals surface area contributed by atoms with Crippen molar-refractivity contribution in [2.24, 2.45) is 0 Å². The van der Waals surface area contributed by atoms with Crippen molar-refractivity contribution >= 4 is 37.7 Å². The predicted octanol–water partition coefficient (Wildman–Crippen LogP) is -7.39. The smallest absolute Gasteiger partial charge is 0.412 e. The summed E-state index contributed by atoms with van der Waals surface area (Å²) in [5.41, 5.74) is 0. The summed E-state index contributed by atoms with van der Waals surface area (Å²) in [4.78, 5) is 24.8. The predicted molar refractivity (Wildman–Crippen MR) is 51.3 cm³/mol. The van der Waals surface area contributed by atoms with E-state index in [1.54, 1.807) is 0 Å². The Morgan fingerprint density at radius 3 is 0.500 bits per heavy atom. The van der Waals surface area contributed by atoms with Crippen LogP contribution in [0.4, 0.5) is 0 Å². The fourth-order valence-corrected chi connectivity index (χ4v) is 0. The van der Waals surface area contributed by atoms with Gasteiger partial charge in [-0.3, -0.25) is 0 Å². The van der Waals surface area contributed by atoms with Crippen molar-refractivity contribution in [2.75, 3.05) is 0 Å². The van der Waals surface area contributed by atoms with Crippen LogP contribution in [0.15, 0.2) is 0 Å². The average Bonchev–Trinajstić information content (AvgIpc) is 1.54. The number of rotatable bonds is 0. The molecule has 8 N–H and O–H groups in total. The molecule has 0 fully saturated rings. The fraction of sp³-hybridized carbons (Fsp3) is 0. The van der Waals surface area contributed by atoms with Crippen molar-refractivity contribution in [1.82, 2.24) is 0 Å². The Balaban J connectivity index is -0.00000000827. The number of hydrogen-bond acceptors (Lipinski definition) is 9. The van der Waals surface area contributed by atoms with Crippen LogP contribution in [0.25, 0.3) is 0 Å². The molecule has 0 aliphatic rings. The third-order valence-corrected chi connectivity index (χ3v) is 0. The van der Waals surface area contributed by atoms with E-state index in [1.807, 2.05) is 0 Å². The topological polar surface area (TPSA) is 325 Å². The Morgan fingerprint density at radius 1 is 0.500 bits per heavy atom. The summed E-state index contributed by atoms with van der Waals surface area (Å²) >= 11 is 0. The molecule has 0 aromatic heterocycles. The fourth-order valence-electron chi connectivity index (χ4n) is 0. The Labute approximate surface area is 149 Å². The largest absolute Gasteiger partial charge is 2.00 e. The molecule has 0 saturated heterocycles. The second-order valence-electron chi connectivity index (χ2n) is 0.671. The Kier molecular flexibility index (Phi) is 197. The van der Waals surface area contributed by atoms with Gasteiger partial charge in [-0.25, -0.2) is 0 Å². The maximum atomic E-state index is 8.25. The van der Waals surface area contributed by atoms with Gasteiger partial charge in [0, 0.05) is 0 Å². The summed E-state index contributed by atoms with van der Waals surface area (Å²) in [6.07, 6.45) is 0. The van der Waals surface area contributed by atoms with Gasteiger partial charge in [0.05, 0.1) is 15.3 Å². The van der Waals surface area contributed by atoms with Gasteiger partial charge in [-0.05, 0) is 0 Å². The van der Waals surface area contributed by atoms with Gasteiger partial charge in [-0.1, -0.05) is 0 Å². The molecule has 18 heavy (non-hydrogen) atoms. The van der Waals surface area contributed by atoms with Crippen molar-refractivity contribution in [3.05, 3.63) is 46.0 Å². The van der Waals surface area contributed by atoms with E-state index in [-0.39, 0.29) is 89.2 Å². The van der Waals surface area contributed by atoms with Crippen molar-refractivity contribution in [3.63, 3.8) is 0 Å². The van der Waals surface area contributed by atoms with Gasteiger partial charge in [-0.2, -0.15) is 0 Å². The maximum absolute atomic E-state index is 8.25. The number of hydrogen-bond donors (Lipinski definition) is 0. The molecule has 0 aliphatic carbocycles. The number of nitrogens with zero attached hydrogens (tertiary/aromatic N) is 3. The minimum atomic E-state index is -1.75. The standard InChI is InChI=1S/Ca.3NO3.Na.4H2O/c;3*2-1(3)4;;;;;/h;;;;;4*1H2/q+2;3*-1;+1;;;;. The first kappa shape index (κ1) is 65.2. The first-order valence-electron chi connectivity index (χ1n) is 1.64. The van der Waals surface area contributed by atoms with Crippen LogP contribution in [0.2, 0.25) is 0 Å². The molecular formula is H8CaN3NaO13. The van der Waals surface area contributed by atoms with Crippen LogP contribution in [0.5, 0.6) is 0 Å². The molecule has 0 heterocycles. The van der Waals surface area contributed by atoms with E-state index in [4.69, 9.17) is 46.0 Å². The molecule has 0 atom stereocenters. The van der Waals surface area contributed by atoms with Crippen molar-refractivity contribution < 1.29 is 66.7 Å². The zero-order chi connectivity index (χ0) is 10.7. The van der Waals surface area contributed by atoms with E-state index >= 15 is 0 Å². The zero-order valence-electron chi connectivity index (χ0n) is 8.72. The first-order valence-corrected chi connectivity index (χ1v) is 1.64. The molecule has 0 aromatic carbocycles. The van der Waals surface area contributed by atoms with Crippen LogP contribution in [0.1, 0.15) is 0 Å². The SMILES string of the molecule is O.O.O.O.O=[N+]([O-])[O-].O=[N+]([O-])[O-].O=[N+]([O-])[O-].[Ca+2].[Na+]. The van der Waals surface area contributed by atoms with E-state index in [1.165, 1.54) is 0 Å².